The van der Waals surface area contributed by atoms with Crippen LogP contribution >= 0.6 is 23.1 Å². The molecule has 0 bridgehead atoms. The number of benzene rings is 3. The number of anilines is 1. The number of nitro benzene ring substituents is 1. The van der Waals surface area contributed by atoms with E-state index in [0.717, 1.165) is 10.6 Å². The van der Waals surface area contributed by atoms with Crippen molar-refractivity contribution in [3.63, 3.8) is 0 Å². The first-order valence-corrected chi connectivity index (χ1v) is 12.9. The molecule has 10 nitrogen and oxygen atoms in total. The Balaban J connectivity index is 1.22. The van der Waals surface area contributed by atoms with Gasteiger partial charge in [-0.3, -0.25) is 24.5 Å². The summed E-state index contributed by atoms with van der Waals surface area (Å²) in [7, 11) is 0. The molecule has 0 atom stereocenters. The Labute approximate surface area is 218 Å². The van der Waals surface area contributed by atoms with Crippen LogP contribution in [0, 0.1) is 10.1 Å². The Morgan fingerprint density at radius 3 is 2.68 bits per heavy atom. The van der Waals surface area contributed by atoms with Crippen LogP contribution in [-0.2, 0) is 4.79 Å². The van der Waals surface area contributed by atoms with Crippen LogP contribution in [-0.4, -0.2) is 46.5 Å². The molecule has 3 aromatic carbocycles. The monoisotopic (exact) mass is 534 g/mol. The molecule has 0 saturated carbocycles. The number of fused-ring (bicyclic) bond motifs is 2. The Bertz CT molecular complexity index is 1540. The Morgan fingerprint density at radius 2 is 1.89 bits per heavy atom. The predicted molar refractivity (Wildman–Crippen MR) is 140 cm³/mol. The van der Waals surface area contributed by atoms with E-state index in [4.69, 9.17) is 4.74 Å². The first kappa shape index (κ1) is 24.4. The van der Waals surface area contributed by atoms with E-state index in [0.29, 0.717) is 33.4 Å². The second kappa shape index (κ2) is 10.4. The van der Waals surface area contributed by atoms with E-state index in [-0.39, 0.29) is 22.8 Å². The highest BCUT2D eigenvalue weighted by atomic mass is 32.2. The van der Waals surface area contributed by atoms with Gasteiger partial charge in [0.1, 0.15) is 17.9 Å². The molecule has 0 saturated heterocycles. The van der Waals surface area contributed by atoms with Crippen molar-refractivity contribution in [1.82, 2.24) is 10.3 Å². The van der Waals surface area contributed by atoms with E-state index in [1.54, 1.807) is 18.2 Å². The number of nitrogens with one attached hydrogen (secondary N) is 1. The van der Waals surface area contributed by atoms with Crippen LogP contribution in [0.3, 0.4) is 0 Å². The summed E-state index contributed by atoms with van der Waals surface area (Å²) in [5.41, 5.74) is 0.332. The van der Waals surface area contributed by atoms with Gasteiger partial charge in [0.05, 0.1) is 38.7 Å². The molecule has 2 heterocycles. The Kier molecular flexibility index (Phi) is 6.84. The molecule has 1 aromatic heterocycles. The van der Waals surface area contributed by atoms with E-state index in [1.807, 2.05) is 30.3 Å². The number of carbonyl (C=O) groups excluding carboxylic acids is 3. The fourth-order valence-electron chi connectivity index (χ4n) is 3.80. The summed E-state index contributed by atoms with van der Waals surface area (Å²) in [6.45, 7) is 0.723. The van der Waals surface area contributed by atoms with Crippen molar-refractivity contribution in [3.8, 4) is 5.75 Å². The zero-order valence-corrected chi connectivity index (χ0v) is 20.7. The summed E-state index contributed by atoms with van der Waals surface area (Å²) >= 11 is 2.60. The summed E-state index contributed by atoms with van der Waals surface area (Å²) in [6.07, 6.45) is 0. The highest BCUT2D eigenvalue weighted by Crippen LogP contribution is 2.37. The molecule has 5 rings (SSSR count). The van der Waals surface area contributed by atoms with Gasteiger partial charge in [0.2, 0.25) is 5.91 Å². The number of thiazole rings is 1. The normalized spacial score (nSPS) is 12.6. The average molecular weight is 535 g/mol. The van der Waals surface area contributed by atoms with Crippen molar-refractivity contribution in [3.05, 3.63) is 88.0 Å². The molecule has 0 spiro atoms. The summed E-state index contributed by atoms with van der Waals surface area (Å²) in [5.74, 6) is -0.609. The minimum atomic E-state index is -0.737. The molecule has 0 aliphatic carbocycles. The lowest BCUT2D eigenvalue weighted by Crippen LogP contribution is -2.29. The quantitative estimate of drug-likeness (QED) is 0.111. The summed E-state index contributed by atoms with van der Waals surface area (Å²) in [6, 6.07) is 18.2. The Hall–Kier alpha value is -4.29. The number of amides is 3. The maximum Gasteiger partial charge on any atom is 0.283 e. The molecule has 4 aromatic rings. The fraction of sp³-hybridized carbons (Fsp3) is 0.120. The molecule has 1 N–H and O–H groups in total. The number of rotatable bonds is 9. The van der Waals surface area contributed by atoms with Gasteiger partial charge in [0.25, 0.3) is 17.5 Å². The van der Waals surface area contributed by atoms with E-state index in [9.17, 15) is 24.5 Å². The van der Waals surface area contributed by atoms with Crippen molar-refractivity contribution in [2.45, 2.75) is 4.34 Å². The molecule has 12 heteroatoms. The zero-order chi connectivity index (χ0) is 25.9. The van der Waals surface area contributed by atoms with Crippen molar-refractivity contribution in [2.75, 3.05) is 23.8 Å². The van der Waals surface area contributed by atoms with Crippen molar-refractivity contribution >= 4 is 62.4 Å². The van der Waals surface area contributed by atoms with Gasteiger partial charge in [-0.1, -0.05) is 36.0 Å². The standard InChI is InChI=1S/C25H18N4O6S2/c30-21(26-11-12-35-16-5-2-1-3-6-16)14-36-25-27-18-10-9-15(13-20(18)37-25)28-23(31)17-7-4-8-19(29(33)34)22(17)24(28)32/h1-10,13H,11-12,14H2,(H,26,30). The number of thioether (sulfide) groups is 1. The lowest BCUT2D eigenvalue weighted by Gasteiger charge is -2.13. The van der Waals surface area contributed by atoms with Gasteiger partial charge < -0.3 is 10.1 Å². The minimum Gasteiger partial charge on any atom is -0.492 e. The van der Waals surface area contributed by atoms with Crippen molar-refractivity contribution in [1.29, 1.82) is 0 Å². The van der Waals surface area contributed by atoms with Gasteiger partial charge in [0, 0.05) is 6.07 Å². The third-order valence-electron chi connectivity index (χ3n) is 5.46. The highest BCUT2D eigenvalue weighted by Gasteiger charge is 2.41. The summed E-state index contributed by atoms with van der Waals surface area (Å²) < 4.78 is 6.91. The zero-order valence-electron chi connectivity index (χ0n) is 19.1. The number of hydrogen-bond acceptors (Lipinski definition) is 9. The number of nitrogens with zero attached hydrogens (tertiary/aromatic N) is 3. The summed E-state index contributed by atoms with van der Waals surface area (Å²) in [5, 5.41) is 14.2. The highest BCUT2D eigenvalue weighted by molar-refractivity contribution is 8.01. The van der Waals surface area contributed by atoms with Crippen LogP contribution < -0.4 is 15.0 Å². The van der Waals surface area contributed by atoms with Crippen LogP contribution in [0.2, 0.25) is 0 Å². The largest absolute Gasteiger partial charge is 0.492 e. The van der Waals surface area contributed by atoms with Crippen LogP contribution in [0.15, 0.2) is 71.1 Å². The smallest absolute Gasteiger partial charge is 0.283 e. The molecular weight excluding hydrogens is 516 g/mol. The van der Waals surface area contributed by atoms with E-state index >= 15 is 0 Å². The first-order valence-electron chi connectivity index (χ1n) is 11.1. The maximum absolute atomic E-state index is 13.0. The van der Waals surface area contributed by atoms with Gasteiger partial charge in [0.15, 0.2) is 4.34 Å². The Morgan fingerprint density at radius 1 is 1.08 bits per heavy atom. The van der Waals surface area contributed by atoms with Gasteiger partial charge in [-0.05, 0) is 36.4 Å². The van der Waals surface area contributed by atoms with Gasteiger partial charge in [-0.2, -0.15) is 0 Å². The number of para-hydroxylation sites is 1. The number of ether oxygens (including phenoxy) is 1. The molecule has 1 aliphatic rings. The fourth-order valence-corrected chi connectivity index (χ4v) is 5.73. The van der Waals surface area contributed by atoms with E-state index in [2.05, 4.69) is 10.3 Å². The van der Waals surface area contributed by atoms with Gasteiger partial charge >= 0.3 is 0 Å². The summed E-state index contributed by atoms with van der Waals surface area (Å²) in [4.78, 5) is 54.2. The predicted octanol–water partition coefficient (Wildman–Crippen LogP) is 4.29. The number of carbonyl (C=O) groups is 3. The number of imide groups is 1. The van der Waals surface area contributed by atoms with Crippen molar-refractivity contribution < 1.29 is 24.0 Å². The minimum absolute atomic E-state index is 0.0000250. The number of aromatic nitrogens is 1. The van der Waals surface area contributed by atoms with Crippen LogP contribution in [0.25, 0.3) is 10.2 Å². The molecule has 3 amide bonds. The molecule has 0 radical (unpaired) electrons. The van der Waals surface area contributed by atoms with Gasteiger partial charge in [-0.15, -0.1) is 11.3 Å². The SMILES string of the molecule is O=C(CSc1nc2ccc(N3C(=O)c4cccc([N+](=O)[O-])c4C3=O)cc2s1)NCCOc1ccccc1. The molecule has 0 fully saturated rings. The molecule has 1 aliphatic heterocycles. The number of hydrogen-bond donors (Lipinski definition) is 1. The van der Waals surface area contributed by atoms with E-state index in [1.165, 1.54) is 41.3 Å². The molecule has 37 heavy (non-hydrogen) atoms. The molecular formula is C25H18N4O6S2. The maximum atomic E-state index is 13.0. The number of nitro groups is 1. The first-order chi connectivity index (χ1) is 17.9. The molecule has 186 valence electrons. The van der Waals surface area contributed by atoms with Crippen LogP contribution in [0.1, 0.15) is 20.7 Å². The van der Waals surface area contributed by atoms with E-state index < -0.39 is 22.4 Å². The lowest BCUT2D eigenvalue weighted by atomic mass is 10.1. The second-order valence-electron chi connectivity index (χ2n) is 7.83. The average Bonchev–Trinajstić information content (AvgIpc) is 3.43. The molecule has 0 unspecified atom stereocenters. The van der Waals surface area contributed by atoms with Crippen LogP contribution in [0.4, 0.5) is 11.4 Å². The lowest BCUT2D eigenvalue weighted by molar-refractivity contribution is -0.385. The second-order valence-corrected chi connectivity index (χ2v) is 10.1. The van der Waals surface area contributed by atoms with Crippen LogP contribution in [0.5, 0.6) is 5.75 Å². The topological polar surface area (TPSA) is 132 Å². The van der Waals surface area contributed by atoms with Gasteiger partial charge in [-0.25, -0.2) is 9.88 Å². The third kappa shape index (κ3) is 5.01. The third-order valence-corrected chi connectivity index (χ3v) is 7.62. The van der Waals surface area contributed by atoms with Crippen molar-refractivity contribution in [2.24, 2.45) is 0 Å².